The van der Waals surface area contributed by atoms with E-state index in [-0.39, 0.29) is 6.54 Å². The number of halogens is 1. The molecule has 108 valence electrons. The van der Waals surface area contributed by atoms with Gasteiger partial charge in [-0.1, -0.05) is 29.8 Å². The van der Waals surface area contributed by atoms with Crippen molar-refractivity contribution < 1.29 is 5.11 Å². The van der Waals surface area contributed by atoms with E-state index in [1.165, 1.54) is 12.7 Å². The zero-order valence-corrected chi connectivity index (χ0v) is 11.7. The van der Waals surface area contributed by atoms with Gasteiger partial charge in [-0.15, -0.1) is 0 Å². The van der Waals surface area contributed by atoms with Gasteiger partial charge >= 0.3 is 0 Å². The molecule has 7 nitrogen and oxygen atoms in total. The van der Waals surface area contributed by atoms with Crippen molar-refractivity contribution in [3.63, 3.8) is 0 Å². The zero-order chi connectivity index (χ0) is 14.7. The summed E-state index contributed by atoms with van der Waals surface area (Å²) < 4.78 is 3.15. The Hall–Kier alpha value is -2.25. The second-order valence-corrected chi connectivity index (χ2v) is 4.93. The Labute approximate surface area is 125 Å². The van der Waals surface area contributed by atoms with Gasteiger partial charge in [-0.25, -0.2) is 14.6 Å². The van der Waals surface area contributed by atoms with Crippen molar-refractivity contribution in [1.82, 2.24) is 29.5 Å². The molecular formula is C13H13ClN6O. The third kappa shape index (κ3) is 2.93. The summed E-state index contributed by atoms with van der Waals surface area (Å²) in [4.78, 5) is 7.81. The van der Waals surface area contributed by atoms with Crippen molar-refractivity contribution in [2.45, 2.75) is 18.7 Å². The normalized spacial score (nSPS) is 14.0. The van der Waals surface area contributed by atoms with Crippen LogP contribution in [0.1, 0.15) is 11.6 Å². The maximum atomic E-state index is 10.6. The van der Waals surface area contributed by atoms with Crippen molar-refractivity contribution in [3.8, 4) is 0 Å². The third-order valence-electron chi connectivity index (χ3n) is 3.15. The first-order chi connectivity index (χ1) is 10.3. The molecule has 0 amide bonds. The van der Waals surface area contributed by atoms with Gasteiger partial charge in [0.25, 0.3) is 0 Å². The minimum absolute atomic E-state index is 0.274. The first kappa shape index (κ1) is 13.7. The standard InChI is InChI=1S/C13H13ClN6O/c14-11-4-2-1-3-10(11)13(20-9-16-7-18-20)12(21)5-19-8-15-6-17-19/h1-4,6-9,12-13,21H,5H2. The van der Waals surface area contributed by atoms with Crippen molar-refractivity contribution >= 4 is 11.6 Å². The molecule has 0 saturated heterocycles. The Morgan fingerprint density at radius 2 is 1.86 bits per heavy atom. The van der Waals surface area contributed by atoms with Gasteiger partial charge in [0, 0.05) is 5.02 Å². The molecule has 8 heteroatoms. The molecule has 0 spiro atoms. The van der Waals surface area contributed by atoms with Crippen LogP contribution < -0.4 is 0 Å². The average molecular weight is 305 g/mol. The van der Waals surface area contributed by atoms with Crippen LogP contribution in [0, 0.1) is 0 Å². The number of aliphatic hydroxyl groups excluding tert-OH is 1. The van der Waals surface area contributed by atoms with Crippen LogP contribution in [0.3, 0.4) is 0 Å². The third-order valence-corrected chi connectivity index (χ3v) is 3.49. The van der Waals surface area contributed by atoms with E-state index in [9.17, 15) is 5.11 Å². The molecule has 2 atom stereocenters. The Morgan fingerprint density at radius 1 is 1.10 bits per heavy atom. The van der Waals surface area contributed by atoms with Gasteiger partial charge in [0.2, 0.25) is 0 Å². The van der Waals surface area contributed by atoms with E-state index in [0.29, 0.717) is 5.02 Å². The molecule has 2 aromatic heterocycles. The van der Waals surface area contributed by atoms with Crippen LogP contribution >= 0.6 is 11.6 Å². The Bertz CT molecular complexity index is 685. The Balaban J connectivity index is 1.95. The van der Waals surface area contributed by atoms with Gasteiger partial charge in [-0.2, -0.15) is 10.2 Å². The van der Waals surface area contributed by atoms with Gasteiger partial charge in [0.15, 0.2) is 0 Å². The van der Waals surface area contributed by atoms with Crippen molar-refractivity contribution in [1.29, 1.82) is 0 Å². The summed E-state index contributed by atoms with van der Waals surface area (Å²) in [5.74, 6) is 0. The molecule has 2 unspecified atom stereocenters. The summed E-state index contributed by atoms with van der Waals surface area (Å²) >= 11 is 6.25. The van der Waals surface area contributed by atoms with Crippen LogP contribution in [-0.2, 0) is 6.54 Å². The van der Waals surface area contributed by atoms with E-state index in [1.807, 2.05) is 18.2 Å². The lowest BCUT2D eigenvalue weighted by atomic mass is 10.0. The number of rotatable bonds is 5. The van der Waals surface area contributed by atoms with Gasteiger partial charge in [0.05, 0.1) is 6.54 Å². The van der Waals surface area contributed by atoms with Crippen LogP contribution in [-0.4, -0.2) is 40.7 Å². The smallest absolute Gasteiger partial charge is 0.137 e. The van der Waals surface area contributed by atoms with E-state index in [1.54, 1.807) is 28.1 Å². The number of aromatic nitrogens is 6. The predicted octanol–water partition coefficient (Wildman–Crippen LogP) is 1.17. The average Bonchev–Trinajstić information content (AvgIpc) is 3.15. The van der Waals surface area contributed by atoms with Gasteiger partial charge < -0.3 is 5.11 Å². The van der Waals surface area contributed by atoms with E-state index >= 15 is 0 Å². The first-order valence-electron chi connectivity index (χ1n) is 6.34. The topological polar surface area (TPSA) is 81.6 Å². The monoisotopic (exact) mass is 304 g/mol. The minimum atomic E-state index is -0.784. The zero-order valence-electron chi connectivity index (χ0n) is 11.0. The van der Waals surface area contributed by atoms with Crippen LogP contribution in [0.5, 0.6) is 0 Å². The fourth-order valence-electron chi connectivity index (χ4n) is 2.22. The second-order valence-electron chi connectivity index (χ2n) is 4.53. The van der Waals surface area contributed by atoms with Crippen molar-refractivity contribution in [2.75, 3.05) is 0 Å². The minimum Gasteiger partial charge on any atom is -0.389 e. The van der Waals surface area contributed by atoms with Crippen molar-refractivity contribution in [2.24, 2.45) is 0 Å². The molecule has 3 rings (SSSR count). The van der Waals surface area contributed by atoms with Crippen molar-refractivity contribution in [3.05, 3.63) is 60.2 Å². The highest BCUT2D eigenvalue weighted by molar-refractivity contribution is 6.31. The maximum absolute atomic E-state index is 10.6. The SMILES string of the molecule is OC(Cn1cncn1)C(c1ccccc1Cl)n1cncn1. The van der Waals surface area contributed by atoms with E-state index in [2.05, 4.69) is 20.2 Å². The summed E-state index contributed by atoms with van der Waals surface area (Å²) in [5.41, 5.74) is 0.775. The van der Waals surface area contributed by atoms with Crippen LogP contribution in [0.25, 0.3) is 0 Å². The number of aliphatic hydroxyl groups is 1. The molecule has 0 saturated carbocycles. The molecule has 3 aromatic rings. The molecule has 0 bridgehead atoms. The molecule has 1 N–H and O–H groups in total. The largest absolute Gasteiger partial charge is 0.389 e. The highest BCUT2D eigenvalue weighted by atomic mass is 35.5. The molecule has 2 heterocycles. The van der Waals surface area contributed by atoms with Gasteiger partial charge in [0.1, 0.15) is 37.5 Å². The lowest BCUT2D eigenvalue weighted by Gasteiger charge is -2.24. The van der Waals surface area contributed by atoms with Crippen LogP contribution in [0.15, 0.2) is 49.6 Å². The Morgan fingerprint density at radius 3 is 2.52 bits per heavy atom. The second kappa shape index (κ2) is 6.02. The molecule has 21 heavy (non-hydrogen) atoms. The quantitative estimate of drug-likeness (QED) is 0.765. The molecule has 0 radical (unpaired) electrons. The number of benzene rings is 1. The summed E-state index contributed by atoms with van der Waals surface area (Å²) in [6.45, 7) is 0.274. The van der Waals surface area contributed by atoms with E-state index in [4.69, 9.17) is 11.6 Å². The molecular weight excluding hydrogens is 292 g/mol. The lowest BCUT2D eigenvalue weighted by Crippen LogP contribution is -2.30. The van der Waals surface area contributed by atoms with Gasteiger partial charge in [-0.05, 0) is 11.6 Å². The summed E-state index contributed by atoms with van der Waals surface area (Å²) in [6.07, 6.45) is 5.17. The summed E-state index contributed by atoms with van der Waals surface area (Å²) in [5, 5.41) is 19.3. The number of hydrogen-bond donors (Lipinski definition) is 1. The maximum Gasteiger partial charge on any atom is 0.137 e. The van der Waals surface area contributed by atoms with Crippen LogP contribution in [0.2, 0.25) is 5.02 Å². The first-order valence-corrected chi connectivity index (χ1v) is 6.72. The Kier molecular flexibility index (Phi) is 3.94. The molecule has 0 aliphatic rings. The molecule has 1 aromatic carbocycles. The summed E-state index contributed by atoms with van der Waals surface area (Å²) in [7, 11) is 0. The predicted molar refractivity (Wildman–Crippen MR) is 75.6 cm³/mol. The number of hydrogen-bond acceptors (Lipinski definition) is 5. The van der Waals surface area contributed by atoms with Crippen LogP contribution in [0.4, 0.5) is 0 Å². The highest BCUT2D eigenvalue weighted by Gasteiger charge is 2.26. The molecule has 0 fully saturated rings. The summed E-state index contributed by atoms with van der Waals surface area (Å²) in [6, 6.07) is 6.90. The molecule has 0 aliphatic heterocycles. The van der Waals surface area contributed by atoms with Gasteiger partial charge in [-0.3, -0.25) is 4.68 Å². The number of nitrogens with zero attached hydrogens (tertiary/aromatic N) is 6. The lowest BCUT2D eigenvalue weighted by molar-refractivity contribution is 0.102. The van der Waals surface area contributed by atoms with E-state index < -0.39 is 12.1 Å². The fourth-order valence-corrected chi connectivity index (χ4v) is 2.47. The van der Waals surface area contributed by atoms with E-state index in [0.717, 1.165) is 5.56 Å². The fraction of sp³-hybridized carbons (Fsp3) is 0.231. The highest BCUT2D eigenvalue weighted by Crippen LogP contribution is 2.28. The molecule has 0 aliphatic carbocycles.